The van der Waals surface area contributed by atoms with Gasteiger partial charge in [0, 0.05) is 11.6 Å². The van der Waals surface area contributed by atoms with Gasteiger partial charge in [0.2, 0.25) is 11.8 Å². The average Bonchev–Trinajstić information content (AvgIpc) is 2.60. The second kappa shape index (κ2) is 8.44. The monoisotopic (exact) mass is 338 g/mol. The molecule has 0 heterocycles. The highest BCUT2D eigenvalue weighted by atomic mass is 16.4. The van der Waals surface area contributed by atoms with Gasteiger partial charge in [0.1, 0.15) is 0 Å². The van der Waals surface area contributed by atoms with Crippen LogP contribution in [0.2, 0.25) is 0 Å². The van der Waals surface area contributed by atoms with Crippen LogP contribution in [0.15, 0.2) is 60.7 Å². The number of hydrogen-bond acceptors (Lipinski definition) is 3. The van der Waals surface area contributed by atoms with Gasteiger partial charge < -0.3 is 16.2 Å². The fourth-order valence-electron chi connectivity index (χ4n) is 2.26. The molecule has 6 heteroatoms. The minimum Gasteiger partial charge on any atom is -0.481 e. The van der Waals surface area contributed by atoms with Crippen molar-refractivity contribution in [2.75, 3.05) is 0 Å². The Morgan fingerprint density at radius 2 is 1.68 bits per heavy atom. The van der Waals surface area contributed by atoms with Crippen LogP contribution < -0.4 is 11.1 Å². The van der Waals surface area contributed by atoms with Crippen molar-refractivity contribution in [3.63, 3.8) is 0 Å². The lowest BCUT2D eigenvalue weighted by molar-refractivity contribution is -0.137. The smallest absolute Gasteiger partial charge is 0.305 e. The highest BCUT2D eigenvalue weighted by Crippen LogP contribution is 2.16. The summed E-state index contributed by atoms with van der Waals surface area (Å²) in [6, 6.07) is 14.8. The Bertz CT molecular complexity index is 783. The maximum Gasteiger partial charge on any atom is 0.305 e. The maximum atomic E-state index is 12.1. The van der Waals surface area contributed by atoms with E-state index in [0.717, 1.165) is 11.1 Å². The topological polar surface area (TPSA) is 109 Å². The minimum atomic E-state index is -1.000. The summed E-state index contributed by atoms with van der Waals surface area (Å²) in [5, 5.41) is 11.7. The maximum absolute atomic E-state index is 12.1. The molecule has 0 radical (unpaired) electrons. The quantitative estimate of drug-likeness (QED) is 0.672. The zero-order valence-electron chi connectivity index (χ0n) is 13.4. The van der Waals surface area contributed by atoms with E-state index in [4.69, 9.17) is 10.8 Å². The van der Waals surface area contributed by atoms with Crippen LogP contribution in [-0.4, -0.2) is 22.9 Å². The van der Waals surface area contributed by atoms with Crippen LogP contribution in [0.25, 0.3) is 6.08 Å². The van der Waals surface area contributed by atoms with E-state index < -0.39 is 23.8 Å². The molecule has 2 aromatic rings. The molecule has 0 fully saturated rings. The second-order valence-corrected chi connectivity index (χ2v) is 5.39. The molecule has 4 N–H and O–H groups in total. The van der Waals surface area contributed by atoms with Crippen LogP contribution >= 0.6 is 0 Å². The number of rotatable bonds is 7. The van der Waals surface area contributed by atoms with Gasteiger partial charge in [0.05, 0.1) is 12.5 Å². The summed E-state index contributed by atoms with van der Waals surface area (Å²) in [6.45, 7) is 0. The molecule has 0 spiro atoms. The highest BCUT2D eigenvalue weighted by molar-refractivity contribution is 5.94. The van der Waals surface area contributed by atoms with Crippen LogP contribution in [0.5, 0.6) is 0 Å². The highest BCUT2D eigenvalue weighted by Gasteiger charge is 2.16. The molecule has 2 rings (SSSR count). The Hall–Kier alpha value is -3.41. The first kappa shape index (κ1) is 17.9. The molecule has 0 aromatic heterocycles. The average molecular weight is 338 g/mol. The fourth-order valence-corrected chi connectivity index (χ4v) is 2.26. The number of carboxylic acid groups (broad SMARTS) is 1. The number of carbonyl (C=O) groups is 3. The van der Waals surface area contributed by atoms with Gasteiger partial charge in [0.15, 0.2) is 0 Å². The van der Waals surface area contributed by atoms with Crippen LogP contribution in [0.4, 0.5) is 0 Å². The normalized spacial score (nSPS) is 11.8. The molecule has 1 atom stereocenters. The minimum absolute atomic E-state index is 0.211. The Morgan fingerprint density at radius 1 is 1.04 bits per heavy atom. The first-order chi connectivity index (χ1) is 12.0. The molecule has 25 heavy (non-hydrogen) atoms. The molecule has 0 saturated heterocycles. The number of aliphatic carboxylic acids is 1. The number of nitrogens with one attached hydrogen (secondary N) is 1. The second-order valence-electron chi connectivity index (χ2n) is 5.39. The fraction of sp³-hybridized carbons (Fsp3) is 0.105. The summed E-state index contributed by atoms with van der Waals surface area (Å²) in [5.74, 6) is -1.93. The van der Waals surface area contributed by atoms with E-state index in [1.165, 1.54) is 6.08 Å². The van der Waals surface area contributed by atoms with E-state index in [-0.39, 0.29) is 6.42 Å². The van der Waals surface area contributed by atoms with E-state index in [1.54, 1.807) is 54.6 Å². The molecule has 0 aliphatic heterocycles. The molecule has 0 unspecified atom stereocenters. The molecule has 0 aliphatic carbocycles. The van der Waals surface area contributed by atoms with Crippen LogP contribution in [0.3, 0.4) is 0 Å². The van der Waals surface area contributed by atoms with Crippen LogP contribution in [-0.2, 0) is 9.59 Å². The van der Waals surface area contributed by atoms with Gasteiger partial charge in [-0.05, 0) is 29.3 Å². The Kier molecular flexibility index (Phi) is 6.06. The summed E-state index contributed by atoms with van der Waals surface area (Å²) >= 11 is 0. The molecular weight excluding hydrogens is 320 g/mol. The van der Waals surface area contributed by atoms with Crippen molar-refractivity contribution in [2.24, 2.45) is 5.73 Å². The number of amides is 2. The van der Waals surface area contributed by atoms with E-state index in [9.17, 15) is 14.4 Å². The predicted octanol–water partition coefficient (Wildman–Crippen LogP) is 2.13. The van der Waals surface area contributed by atoms with E-state index in [0.29, 0.717) is 5.56 Å². The molecule has 6 nitrogen and oxygen atoms in total. The number of benzene rings is 2. The summed E-state index contributed by atoms with van der Waals surface area (Å²) in [5.41, 5.74) is 6.99. The summed E-state index contributed by atoms with van der Waals surface area (Å²) in [7, 11) is 0. The predicted molar refractivity (Wildman–Crippen MR) is 93.6 cm³/mol. The van der Waals surface area contributed by atoms with Gasteiger partial charge in [-0.25, -0.2) is 0 Å². The summed E-state index contributed by atoms with van der Waals surface area (Å²) in [6.07, 6.45) is 2.68. The number of carbonyl (C=O) groups excluding carboxylic acids is 2. The van der Waals surface area contributed by atoms with Gasteiger partial charge in [-0.3, -0.25) is 14.4 Å². The van der Waals surface area contributed by atoms with Crippen molar-refractivity contribution in [3.8, 4) is 0 Å². The number of carboxylic acids is 1. The number of primary amides is 1. The SMILES string of the molecule is NC(=O)c1ccc(/C=C/C(=O)N[C@@H](CC(=O)O)c2ccccc2)cc1. The lowest BCUT2D eigenvalue weighted by atomic mass is 10.0. The third-order valence-electron chi connectivity index (χ3n) is 3.52. The van der Waals surface area contributed by atoms with Gasteiger partial charge in [-0.15, -0.1) is 0 Å². The Morgan fingerprint density at radius 3 is 2.24 bits per heavy atom. The Labute approximate surface area is 145 Å². The summed E-state index contributed by atoms with van der Waals surface area (Å²) in [4.78, 5) is 34.1. The van der Waals surface area contributed by atoms with Crippen LogP contribution in [0.1, 0.15) is 33.9 Å². The Balaban J connectivity index is 2.05. The first-order valence-corrected chi connectivity index (χ1v) is 7.61. The van der Waals surface area contributed by atoms with Crippen molar-refractivity contribution in [1.29, 1.82) is 0 Å². The van der Waals surface area contributed by atoms with Gasteiger partial charge >= 0.3 is 5.97 Å². The molecule has 0 aliphatic rings. The van der Waals surface area contributed by atoms with Gasteiger partial charge in [-0.1, -0.05) is 42.5 Å². The van der Waals surface area contributed by atoms with Crippen molar-refractivity contribution in [3.05, 3.63) is 77.4 Å². The van der Waals surface area contributed by atoms with E-state index >= 15 is 0 Å². The first-order valence-electron chi connectivity index (χ1n) is 7.61. The van der Waals surface area contributed by atoms with Crippen molar-refractivity contribution >= 4 is 23.9 Å². The van der Waals surface area contributed by atoms with Gasteiger partial charge in [0.25, 0.3) is 0 Å². The van der Waals surface area contributed by atoms with Crippen LogP contribution in [0, 0.1) is 0 Å². The van der Waals surface area contributed by atoms with Crippen molar-refractivity contribution in [2.45, 2.75) is 12.5 Å². The zero-order valence-corrected chi connectivity index (χ0v) is 13.4. The molecule has 0 saturated carbocycles. The van der Waals surface area contributed by atoms with E-state index in [2.05, 4.69) is 5.32 Å². The third kappa shape index (κ3) is 5.62. The van der Waals surface area contributed by atoms with Crippen molar-refractivity contribution in [1.82, 2.24) is 5.32 Å². The molecule has 0 bridgehead atoms. The molecular formula is C19H18N2O4. The third-order valence-corrected chi connectivity index (χ3v) is 3.52. The van der Waals surface area contributed by atoms with Gasteiger partial charge in [-0.2, -0.15) is 0 Å². The van der Waals surface area contributed by atoms with E-state index in [1.807, 2.05) is 6.07 Å². The molecule has 128 valence electrons. The number of hydrogen-bond donors (Lipinski definition) is 3. The summed E-state index contributed by atoms with van der Waals surface area (Å²) < 4.78 is 0. The molecule has 2 aromatic carbocycles. The number of nitrogens with two attached hydrogens (primary N) is 1. The zero-order chi connectivity index (χ0) is 18.2. The molecule has 2 amide bonds. The van der Waals surface area contributed by atoms with Crippen molar-refractivity contribution < 1.29 is 19.5 Å². The standard InChI is InChI=1S/C19H18N2O4/c20-19(25)15-9-6-13(7-10-15)8-11-17(22)21-16(12-18(23)24)14-4-2-1-3-5-14/h1-11,16H,12H2,(H2,20,25)(H,21,22)(H,23,24)/b11-8+/t16-/m0/s1. The lowest BCUT2D eigenvalue weighted by Gasteiger charge is -2.16. The largest absolute Gasteiger partial charge is 0.481 e. The lowest BCUT2D eigenvalue weighted by Crippen LogP contribution is -2.28.